The van der Waals surface area contributed by atoms with E-state index in [2.05, 4.69) is 35.5 Å². The second-order valence-electron chi connectivity index (χ2n) is 10.6. The predicted octanol–water partition coefficient (Wildman–Crippen LogP) is 6.15. The third kappa shape index (κ3) is 6.78. The standard InChI is InChI=1S/C29H38N2O5/c1-29(2,3)36-28(32)31-18-17-25(30-33)26(31)20-34-23-15-13-22(14-16-23)24-11-7-8-12-27(24)35-19-21-9-5-4-6-10-21/h4-12,22-23,26,33H,13-20H2,1-3H3/b30-25-. The molecule has 1 atom stereocenters. The van der Waals surface area contributed by atoms with Crippen LogP contribution in [0.15, 0.2) is 59.8 Å². The Morgan fingerprint density at radius 3 is 2.42 bits per heavy atom. The Hall–Kier alpha value is -3.06. The Morgan fingerprint density at radius 2 is 1.72 bits per heavy atom. The average Bonchev–Trinajstić information content (AvgIpc) is 3.29. The number of hydrogen-bond donors (Lipinski definition) is 1. The van der Waals surface area contributed by atoms with Gasteiger partial charge in [0.2, 0.25) is 0 Å². The van der Waals surface area contributed by atoms with Crippen molar-refractivity contribution < 1.29 is 24.2 Å². The number of hydrogen-bond acceptors (Lipinski definition) is 6. The highest BCUT2D eigenvalue weighted by Gasteiger charge is 2.38. The fourth-order valence-corrected chi connectivity index (χ4v) is 5.03. The third-order valence-corrected chi connectivity index (χ3v) is 6.89. The minimum absolute atomic E-state index is 0.111. The van der Waals surface area contributed by atoms with Crippen LogP contribution >= 0.6 is 0 Å². The van der Waals surface area contributed by atoms with Crippen LogP contribution in [0.1, 0.15) is 69.9 Å². The van der Waals surface area contributed by atoms with Crippen molar-refractivity contribution >= 4 is 11.8 Å². The quantitative estimate of drug-likeness (QED) is 0.369. The van der Waals surface area contributed by atoms with E-state index in [1.54, 1.807) is 4.90 Å². The Kier molecular flexibility index (Phi) is 8.52. The molecule has 1 saturated carbocycles. The summed E-state index contributed by atoms with van der Waals surface area (Å²) in [7, 11) is 0. The molecule has 2 fully saturated rings. The lowest BCUT2D eigenvalue weighted by Gasteiger charge is -2.32. The molecule has 0 bridgehead atoms. The second kappa shape index (κ2) is 11.8. The maximum atomic E-state index is 12.7. The van der Waals surface area contributed by atoms with E-state index >= 15 is 0 Å². The van der Waals surface area contributed by atoms with Gasteiger partial charge in [0.1, 0.15) is 24.0 Å². The minimum atomic E-state index is -0.582. The average molecular weight is 495 g/mol. The van der Waals surface area contributed by atoms with Crippen LogP contribution in [-0.2, 0) is 16.1 Å². The number of nitrogens with zero attached hydrogens (tertiary/aromatic N) is 2. The zero-order valence-electron chi connectivity index (χ0n) is 21.6. The number of ether oxygens (including phenoxy) is 3. The SMILES string of the molecule is CC(C)(C)OC(=O)N1CC/C(=N/O)C1COC1CCC(c2ccccc2OCc2ccccc2)CC1. The van der Waals surface area contributed by atoms with Crippen LogP contribution in [0.2, 0.25) is 0 Å². The Labute approximate surface area is 214 Å². The first-order valence-electron chi connectivity index (χ1n) is 12.9. The number of carbonyl (C=O) groups excluding carboxylic acids is 1. The highest BCUT2D eigenvalue weighted by molar-refractivity contribution is 5.94. The van der Waals surface area contributed by atoms with Crippen LogP contribution in [0.5, 0.6) is 5.75 Å². The summed E-state index contributed by atoms with van der Waals surface area (Å²) in [6, 6.07) is 18.2. The van der Waals surface area contributed by atoms with Gasteiger partial charge in [-0.25, -0.2) is 4.79 Å². The van der Waals surface area contributed by atoms with E-state index in [1.165, 1.54) is 5.56 Å². The first-order chi connectivity index (χ1) is 17.3. The first-order valence-corrected chi connectivity index (χ1v) is 12.9. The topological polar surface area (TPSA) is 80.6 Å². The van der Waals surface area contributed by atoms with Gasteiger partial charge in [0.05, 0.1) is 18.4 Å². The van der Waals surface area contributed by atoms with Crippen LogP contribution < -0.4 is 4.74 Å². The normalized spacial score (nSPS) is 23.6. The van der Waals surface area contributed by atoms with Crippen LogP contribution in [0.25, 0.3) is 0 Å². The molecule has 0 spiro atoms. The number of oxime groups is 1. The molecule has 1 amide bonds. The monoisotopic (exact) mass is 494 g/mol. The lowest BCUT2D eigenvalue weighted by molar-refractivity contribution is -0.00866. The molecular weight excluding hydrogens is 456 g/mol. The molecule has 2 aromatic rings. The molecule has 1 aliphatic heterocycles. The highest BCUT2D eigenvalue weighted by atomic mass is 16.6. The van der Waals surface area contributed by atoms with Gasteiger partial charge in [-0.2, -0.15) is 0 Å². The van der Waals surface area contributed by atoms with Gasteiger partial charge in [0.25, 0.3) is 0 Å². The van der Waals surface area contributed by atoms with E-state index in [1.807, 2.05) is 45.0 Å². The number of rotatable bonds is 7. The van der Waals surface area contributed by atoms with Crippen LogP contribution in [0, 0.1) is 0 Å². The molecule has 194 valence electrons. The largest absolute Gasteiger partial charge is 0.489 e. The first kappa shape index (κ1) is 26.0. The van der Waals surface area contributed by atoms with E-state index in [9.17, 15) is 10.0 Å². The van der Waals surface area contributed by atoms with Gasteiger partial charge in [-0.3, -0.25) is 4.90 Å². The Morgan fingerprint density at radius 1 is 1.03 bits per heavy atom. The molecule has 36 heavy (non-hydrogen) atoms. The zero-order valence-corrected chi connectivity index (χ0v) is 21.6. The molecule has 2 aromatic carbocycles. The van der Waals surface area contributed by atoms with Crippen molar-refractivity contribution in [3.05, 3.63) is 65.7 Å². The molecule has 1 aliphatic carbocycles. The molecule has 1 saturated heterocycles. The van der Waals surface area contributed by atoms with Gasteiger partial charge in [-0.15, -0.1) is 0 Å². The molecule has 4 rings (SSSR count). The number of likely N-dealkylation sites (tertiary alicyclic amines) is 1. The highest BCUT2D eigenvalue weighted by Crippen LogP contribution is 2.38. The fraction of sp³-hybridized carbons (Fsp3) is 0.517. The molecule has 7 heteroatoms. The van der Waals surface area contributed by atoms with Gasteiger partial charge in [-0.05, 0) is 69.6 Å². The molecule has 1 heterocycles. The lowest BCUT2D eigenvalue weighted by Crippen LogP contribution is -2.44. The van der Waals surface area contributed by atoms with Crippen molar-refractivity contribution in [2.75, 3.05) is 13.2 Å². The summed E-state index contributed by atoms with van der Waals surface area (Å²) in [5.41, 5.74) is 2.40. The summed E-state index contributed by atoms with van der Waals surface area (Å²) in [4.78, 5) is 14.3. The number of para-hydroxylation sites is 1. The second-order valence-corrected chi connectivity index (χ2v) is 10.6. The summed E-state index contributed by atoms with van der Waals surface area (Å²) in [6.07, 6.45) is 4.13. The number of amides is 1. The third-order valence-electron chi connectivity index (χ3n) is 6.89. The van der Waals surface area contributed by atoms with Gasteiger partial charge >= 0.3 is 6.09 Å². The molecule has 0 radical (unpaired) electrons. The summed E-state index contributed by atoms with van der Waals surface area (Å²) in [6.45, 7) is 6.87. The van der Waals surface area contributed by atoms with E-state index in [-0.39, 0.29) is 6.10 Å². The summed E-state index contributed by atoms with van der Waals surface area (Å²) in [5.74, 6) is 1.38. The van der Waals surface area contributed by atoms with Gasteiger partial charge in [0.15, 0.2) is 0 Å². The van der Waals surface area contributed by atoms with E-state index < -0.39 is 17.7 Å². The fourth-order valence-electron chi connectivity index (χ4n) is 5.03. The van der Waals surface area contributed by atoms with Gasteiger partial charge in [0, 0.05) is 13.0 Å². The molecule has 0 aromatic heterocycles. The van der Waals surface area contributed by atoms with Crippen molar-refractivity contribution in [3.8, 4) is 5.75 Å². The van der Waals surface area contributed by atoms with Crippen molar-refractivity contribution in [1.29, 1.82) is 0 Å². The Bertz CT molecular complexity index is 1030. The number of benzene rings is 2. The van der Waals surface area contributed by atoms with Crippen LogP contribution in [0.4, 0.5) is 4.79 Å². The number of carbonyl (C=O) groups is 1. The molecule has 7 nitrogen and oxygen atoms in total. The van der Waals surface area contributed by atoms with Crippen molar-refractivity contribution in [3.63, 3.8) is 0 Å². The molecule has 1 unspecified atom stereocenters. The maximum absolute atomic E-state index is 12.7. The molecular formula is C29H38N2O5. The maximum Gasteiger partial charge on any atom is 0.410 e. The van der Waals surface area contributed by atoms with Crippen LogP contribution in [0.3, 0.4) is 0 Å². The van der Waals surface area contributed by atoms with Crippen LogP contribution in [-0.4, -0.2) is 52.8 Å². The summed E-state index contributed by atoms with van der Waals surface area (Å²) in [5, 5.41) is 12.9. The van der Waals surface area contributed by atoms with E-state index in [0.717, 1.165) is 37.0 Å². The van der Waals surface area contributed by atoms with Gasteiger partial charge in [-0.1, -0.05) is 53.7 Å². The van der Waals surface area contributed by atoms with Crippen molar-refractivity contribution in [2.24, 2.45) is 5.16 Å². The summed E-state index contributed by atoms with van der Waals surface area (Å²) < 4.78 is 18.0. The van der Waals surface area contributed by atoms with Crippen molar-refractivity contribution in [1.82, 2.24) is 4.90 Å². The van der Waals surface area contributed by atoms with Crippen molar-refractivity contribution in [2.45, 2.75) is 83.1 Å². The van der Waals surface area contributed by atoms with E-state index in [4.69, 9.17) is 14.2 Å². The smallest absolute Gasteiger partial charge is 0.410 e. The van der Waals surface area contributed by atoms with Gasteiger partial charge < -0.3 is 19.4 Å². The summed E-state index contributed by atoms with van der Waals surface area (Å²) >= 11 is 0. The lowest BCUT2D eigenvalue weighted by atomic mass is 9.82. The Balaban J connectivity index is 1.30. The minimum Gasteiger partial charge on any atom is -0.489 e. The predicted molar refractivity (Wildman–Crippen MR) is 139 cm³/mol. The molecule has 1 N–H and O–H groups in total. The molecule has 2 aliphatic rings. The zero-order chi connectivity index (χ0) is 25.5. The van der Waals surface area contributed by atoms with E-state index in [0.29, 0.717) is 37.8 Å².